The van der Waals surface area contributed by atoms with Crippen molar-refractivity contribution in [2.45, 2.75) is 36.1 Å². The fourth-order valence-corrected chi connectivity index (χ4v) is 3.31. The molecule has 128 valence electrons. The summed E-state index contributed by atoms with van der Waals surface area (Å²) in [6.45, 7) is 1.10. The molecule has 1 heterocycles. The summed E-state index contributed by atoms with van der Waals surface area (Å²) in [4.78, 5) is 10.9. The maximum absolute atomic E-state index is 12.6. The molecule has 0 saturated carbocycles. The molecule has 0 aromatic heterocycles. The molecule has 1 aliphatic rings. The van der Waals surface area contributed by atoms with Crippen LogP contribution in [0.3, 0.4) is 0 Å². The number of alkyl halides is 3. The number of halogens is 3. The van der Waals surface area contributed by atoms with Gasteiger partial charge in [0.1, 0.15) is 5.69 Å². The van der Waals surface area contributed by atoms with Crippen LogP contribution in [0, 0.1) is 10.1 Å². The van der Waals surface area contributed by atoms with Crippen LogP contribution in [0.4, 0.5) is 24.5 Å². The molecule has 23 heavy (non-hydrogen) atoms. The highest BCUT2D eigenvalue weighted by molar-refractivity contribution is 7.92. The molecule has 1 fully saturated rings. The Kier molecular flexibility index (Phi) is 4.83. The number of hydrogen-bond acceptors (Lipinski definition) is 5. The lowest BCUT2D eigenvalue weighted by Crippen LogP contribution is -2.26. The Balaban J connectivity index is 2.49. The van der Waals surface area contributed by atoms with E-state index in [4.69, 9.17) is 0 Å². The van der Waals surface area contributed by atoms with Crippen LogP contribution in [0.25, 0.3) is 0 Å². The molecule has 0 amide bonds. The molecule has 0 N–H and O–H groups in total. The number of hydrogen-bond donors (Lipinski definition) is 0. The summed E-state index contributed by atoms with van der Waals surface area (Å²) in [5.74, 6) is 0. The molecule has 0 aliphatic carbocycles. The van der Waals surface area contributed by atoms with Crippen molar-refractivity contribution in [2.75, 3.05) is 18.0 Å². The van der Waals surface area contributed by atoms with Crippen LogP contribution >= 0.6 is 0 Å². The smallest absolute Gasteiger partial charge is 0.366 e. The standard InChI is InChI=1S/C13H15F3N2O4S/c14-13(15,16)23(21,22)10-5-6-11(12(9-10)18(19)20)17-7-3-1-2-4-8-17/h5-6,9H,1-4,7-8H2. The number of anilines is 1. The summed E-state index contributed by atoms with van der Waals surface area (Å²) in [5.41, 5.74) is -5.97. The largest absolute Gasteiger partial charge is 0.501 e. The first-order chi connectivity index (χ1) is 10.6. The first-order valence-corrected chi connectivity index (χ1v) is 8.47. The van der Waals surface area contributed by atoms with Crippen molar-refractivity contribution >= 4 is 21.2 Å². The number of nitro groups is 1. The van der Waals surface area contributed by atoms with Crippen LogP contribution in [0.5, 0.6) is 0 Å². The molecular formula is C13H15F3N2O4S. The van der Waals surface area contributed by atoms with E-state index in [0.29, 0.717) is 19.2 Å². The van der Waals surface area contributed by atoms with Gasteiger partial charge in [0.05, 0.1) is 9.82 Å². The van der Waals surface area contributed by atoms with Crippen LogP contribution in [-0.2, 0) is 9.84 Å². The Bertz CT molecular complexity index is 696. The van der Waals surface area contributed by atoms with Gasteiger partial charge in [-0.3, -0.25) is 10.1 Å². The van der Waals surface area contributed by atoms with Crippen LogP contribution < -0.4 is 4.90 Å². The lowest BCUT2D eigenvalue weighted by Gasteiger charge is -2.22. The van der Waals surface area contributed by atoms with Gasteiger partial charge in [0, 0.05) is 19.2 Å². The van der Waals surface area contributed by atoms with Crippen molar-refractivity contribution in [3.05, 3.63) is 28.3 Å². The zero-order valence-electron chi connectivity index (χ0n) is 12.0. The average Bonchev–Trinajstić information content (AvgIpc) is 2.74. The predicted octanol–water partition coefficient (Wildman–Crippen LogP) is 3.27. The fraction of sp³-hybridized carbons (Fsp3) is 0.538. The van der Waals surface area contributed by atoms with Gasteiger partial charge in [0.15, 0.2) is 0 Å². The maximum Gasteiger partial charge on any atom is 0.501 e. The van der Waals surface area contributed by atoms with Gasteiger partial charge < -0.3 is 4.90 Å². The van der Waals surface area contributed by atoms with Crippen LogP contribution in [0.15, 0.2) is 23.1 Å². The van der Waals surface area contributed by atoms with Crippen LogP contribution in [0.1, 0.15) is 25.7 Å². The molecule has 0 unspecified atom stereocenters. The van der Waals surface area contributed by atoms with Gasteiger partial charge in [-0.1, -0.05) is 12.8 Å². The summed E-state index contributed by atoms with van der Waals surface area (Å²) in [6.07, 6.45) is 3.59. The Hall–Kier alpha value is -1.84. The minimum Gasteiger partial charge on any atom is -0.366 e. The normalized spacial score (nSPS) is 16.9. The Labute approximate surface area is 131 Å². The third-order valence-electron chi connectivity index (χ3n) is 3.71. The second-order valence-corrected chi connectivity index (χ2v) is 7.20. The number of sulfone groups is 1. The van der Waals surface area contributed by atoms with Crippen molar-refractivity contribution in [3.63, 3.8) is 0 Å². The van der Waals surface area contributed by atoms with Crippen molar-refractivity contribution < 1.29 is 26.5 Å². The fourth-order valence-electron chi connectivity index (χ4n) is 2.53. The van der Waals surface area contributed by atoms with Gasteiger partial charge in [-0.05, 0) is 25.0 Å². The van der Waals surface area contributed by atoms with Crippen molar-refractivity contribution in [1.29, 1.82) is 0 Å². The van der Waals surface area contributed by atoms with E-state index in [1.54, 1.807) is 4.90 Å². The average molecular weight is 352 g/mol. The molecule has 0 bridgehead atoms. The highest BCUT2D eigenvalue weighted by Crippen LogP contribution is 2.36. The summed E-state index contributed by atoms with van der Waals surface area (Å²) in [7, 11) is -5.61. The second kappa shape index (κ2) is 6.34. The first kappa shape index (κ1) is 17.5. The van der Waals surface area contributed by atoms with E-state index in [0.717, 1.165) is 37.8 Å². The molecule has 6 nitrogen and oxygen atoms in total. The Morgan fingerprint density at radius 2 is 1.65 bits per heavy atom. The quantitative estimate of drug-likeness (QED) is 0.616. The third-order valence-corrected chi connectivity index (χ3v) is 5.19. The van der Waals surface area contributed by atoms with Gasteiger partial charge in [-0.15, -0.1) is 0 Å². The van der Waals surface area contributed by atoms with Crippen LogP contribution in [-0.4, -0.2) is 31.9 Å². The summed E-state index contributed by atoms with van der Waals surface area (Å²) < 4.78 is 60.6. The number of nitrogens with zero attached hydrogens (tertiary/aromatic N) is 2. The molecular weight excluding hydrogens is 337 g/mol. The van der Waals surface area contributed by atoms with E-state index < -0.39 is 30.9 Å². The molecule has 1 aliphatic heterocycles. The highest BCUT2D eigenvalue weighted by Gasteiger charge is 2.47. The van der Waals surface area contributed by atoms with E-state index in [1.807, 2.05) is 0 Å². The van der Waals surface area contributed by atoms with Crippen LogP contribution in [0.2, 0.25) is 0 Å². The van der Waals surface area contributed by atoms with Gasteiger partial charge in [0.25, 0.3) is 15.5 Å². The molecule has 1 aromatic rings. The number of rotatable bonds is 3. The number of benzene rings is 1. The zero-order chi connectivity index (χ0) is 17.3. The molecule has 0 atom stereocenters. The summed E-state index contributed by atoms with van der Waals surface area (Å²) in [6, 6.07) is 2.35. The molecule has 1 saturated heterocycles. The Morgan fingerprint density at radius 3 is 2.13 bits per heavy atom. The van der Waals surface area contributed by atoms with Gasteiger partial charge >= 0.3 is 5.51 Å². The van der Waals surface area contributed by atoms with Crippen molar-refractivity contribution in [1.82, 2.24) is 0 Å². The lowest BCUT2D eigenvalue weighted by molar-refractivity contribution is -0.384. The van der Waals surface area contributed by atoms with E-state index in [9.17, 15) is 31.7 Å². The van der Waals surface area contributed by atoms with E-state index in [1.165, 1.54) is 0 Å². The zero-order valence-corrected chi connectivity index (χ0v) is 12.9. The summed E-state index contributed by atoms with van der Waals surface area (Å²) >= 11 is 0. The lowest BCUT2D eigenvalue weighted by atomic mass is 10.2. The Morgan fingerprint density at radius 1 is 1.09 bits per heavy atom. The minimum atomic E-state index is -5.61. The highest BCUT2D eigenvalue weighted by atomic mass is 32.2. The topological polar surface area (TPSA) is 80.5 Å². The second-order valence-electron chi connectivity index (χ2n) is 5.26. The SMILES string of the molecule is O=[N+]([O-])c1cc(S(=O)(=O)C(F)(F)F)ccc1N1CCCCCC1. The van der Waals surface area contributed by atoms with Gasteiger partial charge in [0.2, 0.25) is 0 Å². The minimum absolute atomic E-state index is 0.151. The van der Waals surface area contributed by atoms with Gasteiger partial charge in [-0.25, -0.2) is 8.42 Å². The first-order valence-electron chi connectivity index (χ1n) is 6.99. The predicted molar refractivity (Wildman–Crippen MR) is 77.0 cm³/mol. The van der Waals surface area contributed by atoms with Crippen molar-refractivity contribution in [2.24, 2.45) is 0 Å². The molecule has 10 heteroatoms. The van der Waals surface area contributed by atoms with E-state index in [2.05, 4.69) is 0 Å². The van der Waals surface area contributed by atoms with E-state index >= 15 is 0 Å². The van der Waals surface area contributed by atoms with E-state index in [-0.39, 0.29) is 5.69 Å². The molecule has 2 rings (SSSR count). The maximum atomic E-state index is 12.6. The third kappa shape index (κ3) is 3.57. The number of nitro benzene ring substituents is 1. The molecule has 0 spiro atoms. The van der Waals surface area contributed by atoms with Crippen molar-refractivity contribution in [3.8, 4) is 0 Å². The molecule has 0 radical (unpaired) electrons. The van der Waals surface area contributed by atoms with Gasteiger partial charge in [-0.2, -0.15) is 13.2 Å². The monoisotopic (exact) mass is 352 g/mol. The summed E-state index contributed by atoms with van der Waals surface area (Å²) in [5, 5.41) is 11.2. The molecule has 1 aromatic carbocycles.